The average molecular weight is 266 g/mol. The van der Waals surface area contributed by atoms with Crippen LogP contribution < -0.4 is 0 Å². The summed E-state index contributed by atoms with van der Waals surface area (Å²) in [4.78, 5) is 16.7. The van der Waals surface area contributed by atoms with Gasteiger partial charge in [0.25, 0.3) is 0 Å². The first-order valence-corrected chi connectivity index (χ1v) is 6.41. The minimum absolute atomic E-state index is 0.0657. The molecular formula is C9H6N4O2S2. The molecule has 3 aromatic rings. The Kier molecular flexibility index (Phi) is 2.20. The summed E-state index contributed by atoms with van der Waals surface area (Å²) in [6.07, 6.45) is 0. The molecule has 0 saturated heterocycles. The maximum atomic E-state index is 11.0. The van der Waals surface area contributed by atoms with Gasteiger partial charge in [-0.3, -0.25) is 4.40 Å². The second-order valence-corrected chi connectivity index (χ2v) is 5.03. The first-order chi connectivity index (χ1) is 8.18. The molecule has 0 aliphatic rings. The second kappa shape index (κ2) is 3.60. The summed E-state index contributed by atoms with van der Waals surface area (Å²) in [5, 5.41) is 18.4. The number of aromatic carboxylic acids is 1. The summed E-state index contributed by atoms with van der Waals surface area (Å²) in [6, 6.07) is 0. The molecule has 0 radical (unpaired) electrons. The summed E-state index contributed by atoms with van der Waals surface area (Å²) in [5.74, 6) is -1.15. The van der Waals surface area contributed by atoms with Gasteiger partial charge in [0.05, 0.1) is 21.8 Å². The Labute approximate surface area is 103 Å². The van der Waals surface area contributed by atoms with E-state index in [1.807, 2.05) is 12.3 Å². The third-order valence-corrected chi connectivity index (χ3v) is 4.09. The van der Waals surface area contributed by atoms with E-state index in [4.69, 9.17) is 5.11 Å². The zero-order valence-electron chi connectivity index (χ0n) is 8.62. The first kappa shape index (κ1) is 10.4. The molecule has 0 unspecified atom stereocenters. The van der Waals surface area contributed by atoms with Gasteiger partial charge in [0.2, 0.25) is 10.8 Å². The topological polar surface area (TPSA) is 80.4 Å². The van der Waals surface area contributed by atoms with E-state index in [0.29, 0.717) is 4.96 Å². The van der Waals surface area contributed by atoms with Crippen molar-refractivity contribution in [2.24, 2.45) is 0 Å². The fourth-order valence-electron chi connectivity index (χ4n) is 1.57. The van der Waals surface area contributed by atoms with Gasteiger partial charge >= 0.3 is 5.97 Å². The number of carbonyl (C=O) groups is 1. The molecule has 17 heavy (non-hydrogen) atoms. The van der Waals surface area contributed by atoms with Crippen molar-refractivity contribution in [3.8, 4) is 10.6 Å². The van der Waals surface area contributed by atoms with Crippen LogP contribution in [0.2, 0.25) is 0 Å². The Morgan fingerprint density at radius 2 is 2.24 bits per heavy atom. The van der Waals surface area contributed by atoms with Crippen LogP contribution in [-0.2, 0) is 0 Å². The molecule has 0 atom stereocenters. The minimum Gasteiger partial charge on any atom is -0.475 e. The van der Waals surface area contributed by atoms with Gasteiger partial charge in [0.15, 0.2) is 0 Å². The molecule has 3 aromatic heterocycles. The minimum atomic E-state index is -1.08. The van der Waals surface area contributed by atoms with Gasteiger partial charge in [0, 0.05) is 5.38 Å². The van der Waals surface area contributed by atoms with E-state index >= 15 is 0 Å². The summed E-state index contributed by atoms with van der Waals surface area (Å²) in [6.45, 7) is 1.89. The van der Waals surface area contributed by atoms with Gasteiger partial charge < -0.3 is 5.11 Å². The fraction of sp³-hybridized carbons (Fsp3) is 0.111. The van der Waals surface area contributed by atoms with E-state index in [0.717, 1.165) is 16.3 Å². The van der Waals surface area contributed by atoms with Crippen molar-refractivity contribution in [3.05, 3.63) is 22.4 Å². The van der Waals surface area contributed by atoms with Crippen LogP contribution in [-0.4, -0.2) is 30.7 Å². The Bertz CT molecular complexity index is 712. The van der Waals surface area contributed by atoms with Gasteiger partial charge in [-0.15, -0.1) is 32.9 Å². The van der Waals surface area contributed by atoms with Gasteiger partial charge in [0.1, 0.15) is 0 Å². The van der Waals surface area contributed by atoms with Crippen LogP contribution in [0.15, 0.2) is 10.9 Å². The fourth-order valence-corrected chi connectivity index (χ4v) is 3.27. The Morgan fingerprint density at radius 1 is 1.41 bits per heavy atom. The van der Waals surface area contributed by atoms with Gasteiger partial charge in [-0.1, -0.05) is 0 Å². The molecule has 3 heterocycles. The summed E-state index contributed by atoms with van der Waals surface area (Å²) < 4.78 is 1.55. The quantitative estimate of drug-likeness (QED) is 0.766. The second-order valence-electron chi connectivity index (χ2n) is 3.33. The monoisotopic (exact) mass is 266 g/mol. The molecular weight excluding hydrogens is 260 g/mol. The van der Waals surface area contributed by atoms with E-state index in [2.05, 4.69) is 15.2 Å². The number of aryl methyl sites for hydroxylation is 1. The van der Waals surface area contributed by atoms with E-state index in [-0.39, 0.29) is 5.82 Å². The normalized spacial score (nSPS) is 11.1. The van der Waals surface area contributed by atoms with Gasteiger partial charge in [-0.05, 0) is 6.92 Å². The first-order valence-electron chi connectivity index (χ1n) is 4.65. The lowest BCUT2D eigenvalue weighted by Gasteiger charge is -1.97. The third-order valence-electron chi connectivity index (χ3n) is 2.32. The van der Waals surface area contributed by atoms with Crippen LogP contribution in [0.4, 0.5) is 0 Å². The van der Waals surface area contributed by atoms with E-state index < -0.39 is 5.97 Å². The van der Waals surface area contributed by atoms with Gasteiger partial charge in [-0.25, -0.2) is 9.78 Å². The molecule has 0 saturated carbocycles. The number of rotatable bonds is 2. The average Bonchev–Trinajstić information content (AvgIpc) is 2.91. The third kappa shape index (κ3) is 1.45. The highest BCUT2D eigenvalue weighted by Gasteiger charge is 2.19. The Morgan fingerprint density at radius 3 is 2.88 bits per heavy atom. The van der Waals surface area contributed by atoms with Crippen LogP contribution in [0.1, 0.15) is 16.3 Å². The molecule has 0 aliphatic heterocycles. The highest BCUT2D eigenvalue weighted by molar-refractivity contribution is 7.16. The van der Waals surface area contributed by atoms with Crippen molar-refractivity contribution >= 4 is 33.6 Å². The summed E-state index contributed by atoms with van der Waals surface area (Å²) in [5.41, 5.74) is 3.39. The largest absolute Gasteiger partial charge is 0.475 e. The molecule has 6 nitrogen and oxygen atoms in total. The molecule has 8 heteroatoms. The van der Waals surface area contributed by atoms with Gasteiger partial charge in [-0.2, -0.15) is 0 Å². The van der Waals surface area contributed by atoms with Crippen LogP contribution in [0.5, 0.6) is 0 Å². The molecule has 86 valence electrons. The van der Waals surface area contributed by atoms with Crippen LogP contribution >= 0.6 is 22.7 Å². The predicted octanol–water partition coefficient (Wildman–Crippen LogP) is 1.92. The molecule has 0 amide bonds. The number of hydrogen-bond acceptors (Lipinski definition) is 6. The van der Waals surface area contributed by atoms with Crippen molar-refractivity contribution < 1.29 is 9.90 Å². The Hall–Kier alpha value is -1.80. The van der Waals surface area contributed by atoms with Crippen molar-refractivity contribution in [2.75, 3.05) is 0 Å². The molecule has 0 aromatic carbocycles. The standard InChI is InChI=1S/C9H6N4O2S2/c1-4-6(17-3-10-4)5-2-16-9-12-11-7(8(14)15)13(5)9/h2-3H,1H3,(H,14,15). The van der Waals surface area contributed by atoms with E-state index in [9.17, 15) is 4.79 Å². The number of thiazole rings is 2. The summed E-state index contributed by atoms with van der Waals surface area (Å²) in [7, 11) is 0. The molecule has 3 rings (SSSR count). The number of hydrogen-bond donors (Lipinski definition) is 1. The number of fused-ring (bicyclic) bond motifs is 1. The van der Waals surface area contributed by atoms with E-state index in [1.165, 1.54) is 22.7 Å². The number of carboxylic acids is 1. The molecule has 0 fully saturated rings. The highest BCUT2D eigenvalue weighted by atomic mass is 32.1. The predicted molar refractivity (Wildman–Crippen MR) is 63.7 cm³/mol. The highest BCUT2D eigenvalue weighted by Crippen LogP contribution is 2.31. The zero-order valence-corrected chi connectivity index (χ0v) is 10.2. The lowest BCUT2D eigenvalue weighted by molar-refractivity contribution is 0.0682. The lowest BCUT2D eigenvalue weighted by Crippen LogP contribution is -2.04. The van der Waals surface area contributed by atoms with E-state index in [1.54, 1.807) is 9.91 Å². The lowest BCUT2D eigenvalue weighted by atomic mass is 10.3. The zero-order chi connectivity index (χ0) is 12.0. The van der Waals surface area contributed by atoms with Crippen molar-refractivity contribution in [1.29, 1.82) is 0 Å². The van der Waals surface area contributed by atoms with Crippen molar-refractivity contribution in [1.82, 2.24) is 19.6 Å². The molecule has 0 aliphatic carbocycles. The SMILES string of the molecule is Cc1ncsc1-c1csc2nnc(C(=O)O)n12. The van der Waals surface area contributed by atoms with Crippen LogP contribution in [0.25, 0.3) is 15.5 Å². The molecule has 0 spiro atoms. The number of aromatic nitrogens is 4. The van der Waals surface area contributed by atoms with Crippen LogP contribution in [0.3, 0.4) is 0 Å². The van der Waals surface area contributed by atoms with Crippen LogP contribution in [0, 0.1) is 6.92 Å². The molecule has 1 N–H and O–H groups in total. The summed E-state index contributed by atoms with van der Waals surface area (Å²) >= 11 is 2.84. The maximum absolute atomic E-state index is 11.0. The number of carboxylic acid groups (broad SMARTS) is 1. The van der Waals surface area contributed by atoms with Crippen molar-refractivity contribution in [2.45, 2.75) is 6.92 Å². The van der Waals surface area contributed by atoms with Crippen molar-refractivity contribution in [3.63, 3.8) is 0 Å². The Balaban J connectivity index is 2.34. The molecule has 0 bridgehead atoms. The number of nitrogens with zero attached hydrogens (tertiary/aromatic N) is 4. The smallest absolute Gasteiger partial charge is 0.374 e. The maximum Gasteiger partial charge on any atom is 0.374 e.